The number of carbonyl (C=O) groups excluding carboxylic acids is 1. The molecule has 4 nitrogen and oxygen atoms in total. The average molecular weight is 251 g/mol. The summed E-state index contributed by atoms with van der Waals surface area (Å²) in [7, 11) is 1.65. The second-order valence-corrected chi connectivity index (χ2v) is 4.00. The molecule has 0 spiro atoms. The van der Waals surface area contributed by atoms with Gasteiger partial charge in [0.2, 0.25) is 0 Å². The minimum absolute atomic E-state index is 0.160. The van der Waals surface area contributed by atoms with Gasteiger partial charge in [0.25, 0.3) is 0 Å². The zero-order chi connectivity index (χ0) is 13.4. The van der Waals surface area contributed by atoms with E-state index in [0.29, 0.717) is 19.6 Å². The first-order chi connectivity index (χ1) is 8.67. The molecular weight excluding hydrogens is 230 g/mol. The number of benzene rings is 1. The van der Waals surface area contributed by atoms with Crippen molar-refractivity contribution in [1.29, 1.82) is 0 Å². The molecule has 0 saturated carbocycles. The maximum absolute atomic E-state index is 11.2. The van der Waals surface area contributed by atoms with Crippen LogP contribution in [-0.2, 0) is 9.53 Å². The first kappa shape index (κ1) is 14.5. The van der Waals surface area contributed by atoms with Gasteiger partial charge in [-0.15, -0.1) is 0 Å². The lowest BCUT2D eigenvalue weighted by molar-refractivity contribution is -0.143. The highest BCUT2D eigenvalue weighted by Crippen LogP contribution is 2.16. The van der Waals surface area contributed by atoms with Gasteiger partial charge in [0.1, 0.15) is 5.75 Å². The Kier molecular flexibility index (Phi) is 6.22. The molecule has 0 radical (unpaired) electrons. The van der Waals surface area contributed by atoms with Gasteiger partial charge in [0.15, 0.2) is 0 Å². The van der Waals surface area contributed by atoms with E-state index in [4.69, 9.17) is 9.47 Å². The first-order valence-electron chi connectivity index (χ1n) is 6.20. The molecule has 1 atom stereocenters. The van der Waals surface area contributed by atoms with Crippen LogP contribution in [0.1, 0.15) is 31.9 Å². The van der Waals surface area contributed by atoms with Crippen molar-refractivity contribution in [2.24, 2.45) is 0 Å². The Morgan fingerprint density at radius 1 is 1.33 bits per heavy atom. The lowest BCUT2D eigenvalue weighted by Crippen LogP contribution is -2.22. The summed E-state index contributed by atoms with van der Waals surface area (Å²) in [5.41, 5.74) is 1.17. The molecule has 0 aliphatic rings. The summed E-state index contributed by atoms with van der Waals surface area (Å²) in [5.74, 6) is 0.685. The standard InChI is InChI=1S/C14H21NO3/c1-4-18-14(16)9-10-15-11(2)12-5-7-13(17-3)8-6-12/h5-8,11,15H,4,9-10H2,1-3H3. The molecule has 1 N–H and O–H groups in total. The molecule has 0 fully saturated rings. The van der Waals surface area contributed by atoms with Crippen molar-refractivity contribution in [2.75, 3.05) is 20.3 Å². The molecule has 0 bridgehead atoms. The topological polar surface area (TPSA) is 47.6 Å². The molecule has 0 amide bonds. The van der Waals surface area contributed by atoms with Gasteiger partial charge in [-0.25, -0.2) is 0 Å². The molecule has 0 aromatic heterocycles. The van der Waals surface area contributed by atoms with Crippen molar-refractivity contribution in [3.63, 3.8) is 0 Å². The zero-order valence-electron chi connectivity index (χ0n) is 11.2. The van der Waals surface area contributed by atoms with E-state index in [1.54, 1.807) is 7.11 Å². The van der Waals surface area contributed by atoms with Gasteiger partial charge in [-0.1, -0.05) is 12.1 Å². The second kappa shape index (κ2) is 7.71. The summed E-state index contributed by atoms with van der Waals surface area (Å²) >= 11 is 0. The van der Waals surface area contributed by atoms with Crippen LogP contribution in [0.2, 0.25) is 0 Å². The summed E-state index contributed by atoms with van der Waals surface area (Å²) in [4.78, 5) is 11.2. The minimum Gasteiger partial charge on any atom is -0.497 e. The third-order valence-electron chi connectivity index (χ3n) is 2.70. The van der Waals surface area contributed by atoms with E-state index < -0.39 is 0 Å². The summed E-state index contributed by atoms with van der Waals surface area (Å²) in [6.45, 7) is 4.93. The monoisotopic (exact) mass is 251 g/mol. The van der Waals surface area contributed by atoms with Gasteiger partial charge in [0.05, 0.1) is 20.1 Å². The van der Waals surface area contributed by atoms with Crippen LogP contribution in [0, 0.1) is 0 Å². The predicted molar refractivity (Wildman–Crippen MR) is 70.7 cm³/mol. The van der Waals surface area contributed by atoms with Crippen molar-refractivity contribution in [3.8, 4) is 5.75 Å². The smallest absolute Gasteiger partial charge is 0.307 e. The molecule has 1 aromatic carbocycles. The second-order valence-electron chi connectivity index (χ2n) is 4.00. The first-order valence-corrected chi connectivity index (χ1v) is 6.20. The highest BCUT2D eigenvalue weighted by Gasteiger charge is 2.06. The van der Waals surface area contributed by atoms with E-state index in [2.05, 4.69) is 12.2 Å². The maximum Gasteiger partial charge on any atom is 0.307 e. The summed E-state index contributed by atoms with van der Waals surface area (Å²) < 4.78 is 9.97. The van der Waals surface area contributed by atoms with Gasteiger partial charge in [-0.3, -0.25) is 4.79 Å². The predicted octanol–water partition coefficient (Wildman–Crippen LogP) is 2.30. The number of hydrogen-bond donors (Lipinski definition) is 1. The molecule has 100 valence electrons. The fraction of sp³-hybridized carbons (Fsp3) is 0.500. The van der Waals surface area contributed by atoms with E-state index in [1.807, 2.05) is 31.2 Å². The lowest BCUT2D eigenvalue weighted by Gasteiger charge is -2.14. The Bertz CT molecular complexity index is 362. The lowest BCUT2D eigenvalue weighted by atomic mass is 10.1. The Morgan fingerprint density at radius 3 is 2.56 bits per heavy atom. The summed E-state index contributed by atoms with van der Waals surface area (Å²) in [6, 6.07) is 8.09. The van der Waals surface area contributed by atoms with Crippen LogP contribution in [-0.4, -0.2) is 26.2 Å². The van der Waals surface area contributed by atoms with Crippen LogP contribution < -0.4 is 10.1 Å². The van der Waals surface area contributed by atoms with Gasteiger partial charge >= 0.3 is 5.97 Å². The van der Waals surface area contributed by atoms with Crippen molar-refractivity contribution in [2.45, 2.75) is 26.3 Å². The van der Waals surface area contributed by atoms with Crippen molar-refractivity contribution < 1.29 is 14.3 Å². The van der Waals surface area contributed by atoms with Crippen LogP contribution in [0.3, 0.4) is 0 Å². The van der Waals surface area contributed by atoms with E-state index in [1.165, 1.54) is 5.56 Å². The van der Waals surface area contributed by atoms with E-state index >= 15 is 0 Å². The SMILES string of the molecule is CCOC(=O)CCNC(C)c1ccc(OC)cc1. The number of rotatable bonds is 7. The molecule has 0 heterocycles. The van der Waals surface area contributed by atoms with Gasteiger partial charge < -0.3 is 14.8 Å². The van der Waals surface area contributed by atoms with Crippen LogP contribution in [0.4, 0.5) is 0 Å². The largest absolute Gasteiger partial charge is 0.497 e. The zero-order valence-corrected chi connectivity index (χ0v) is 11.2. The van der Waals surface area contributed by atoms with Gasteiger partial charge in [-0.05, 0) is 31.5 Å². The molecule has 1 aromatic rings. The number of hydrogen-bond acceptors (Lipinski definition) is 4. The highest BCUT2D eigenvalue weighted by molar-refractivity contribution is 5.69. The molecule has 0 aliphatic heterocycles. The summed E-state index contributed by atoms with van der Waals surface area (Å²) in [6.07, 6.45) is 0.397. The molecular formula is C14H21NO3. The quantitative estimate of drug-likeness (QED) is 0.755. The molecule has 4 heteroatoms. The van der Waals surface area contributed by atoms with E-state index in [-0.39, 0.29) is 12.0 Å². The Hall–Kier alpha value is -1.55. The van der Waals surface area contributed by atoms with Crippen LogP contribution in [0.5, 0.6) is 5.75 Å². The van der Waals surface area contributed by atoms with Crippen molar-refractivity contribution in [3.05, 3.63) is 29.8 Å². The number of esters is 1. The number of nitrogens with one attached hydrogen (secondary N) is 1. The van der Waals surface area contributed by atoms with Crippen LogP contribution in [0.15, 0.2) is 24.3 Å². The molecule has 0 aliphatic carbocycles. The Morgan fingerprint density at radius 2 is 2.00 bits per heavy atom. The molecule has 18 heavy (non-hydrogen) atoms. The van der Waals surface area contributed by atoms with Crippen molar-refractivity contribution in [1.82, 2.24) is 5.32 Å². The maximum atomic E-state index is 11.2. The Balaban J connectivity index is 2.35. The minimum atomic E-state index is -0.160. The normalized spacial score (nSPS) is 11.9. The summed E-state index contributed by atoms with van der Waals surface area (Å²) in [5, 5.41) is 3.28. The fourth-order valence-electron chi connectivity index (χ4n) is 1.63. The van der Waals surface area contributed by atoms with E-state index in [9.17, 15) is 4.79 Å². The highest BCUT2D eigenvalue weighted by atomic mass is 16.5. The fourth-order valence-corrected chi connectivity index (χ4v) is 1.63. The van der Waals surface area contributed by atoms with E-state index in [0.717, 1.165) is 5.75 Å². The molecule has 1 rings (SSSR count). The van der Waals surface area contributed by atoms with Crippen LogP contribution in [0.25, 0.3) is 0 Å². The van der Waals surface area contributed by atoms with Gasteiger partial charge in [0, 0.05) is 12.6 Å². The van der Waals surface area contributed by atoms with Crippen LogP contribution >= 0.6 is 0 Å². The van der Waals surface area contributed by atoms with Gasteiger partial charge in [-0.2, -0.15) is 0 Å². The van der Waals surface area contributed by atoms with Crippen molar-refractivity contribution >= 4 is 5.97 Å². The number of ether oxygens (including phenoxy) is 2. The number of methoxy groups -OCH3 is 1. The number of carbonyl (C=O) groups is 1. The average Bonchev–Trinajstić information content (AvgIpc) is 2.39. The third-order valence-corrected chi connectivity index (χ3v) is 2.70. The third kappa shape index (κ3) is 4.75. The molecule has 1 unspecified atom stereocenters. The molecule has 0 saturated heterocycles. The Labute approximate surface area is 108 Å².